The van der Waals surface area contributed by atoms with Crippen LogP contribution in [0.1, 0.15) is 33.0 Å². The monoisotopic (exact) mass is 492 g/mol. The van der Waals surface area contributed by atoms with E-state index in [0.29, 0.717) is 24.3 Å². The van der Waals surface area contributed by atoms with Gasteiger partial charge in [0.25, 0.3) is 11.5 Å². The van der Waals surface area contributed by atoms with Crippen LogP contribution < -0.4 is 15.6 Å². The lowest BCUT2D eigenvalue weighted by molar-refractivity contribution is 0.0945. The van der Waals surface area contributed by atoms with Crippen LogP contribution in [-0.2, 0) is 31.0 Å². The molecule has 0 bridgehead atoms. The van der Waals surface area contributed by atoms with Crippen LogP contribution in [-0.4, -0.2) is 44.4 Å². The van der Waals surface area contributed by atoms with Crippen molar-refractivity contribution in [3.63, 3.8) is 0 Å². The van der Waals surface area contributed by atoms with Crippen LogP contribution in [0.2, 0.25) is 0 Å². The van der Waals surface area contributed by atoms with E-state index in [0.717, 1.165) is 11.3 Å². The topological polar surface area (TPSA) is 113 Å². The van der Waals surface area contributed by atoms with E-state index in [2.05, 4.69) is 20.4 Å². The van der Waals surface area contributed by atoms with E-state index in [1.807, 2.05) is 12.1 Å². The van der Waals surface area contributed by atoms with Gasteiger partial charge in [0.15, 0.2) is 11.6 Å². The fourth-order valence-corrected chi connectivity index (χ4v) is 3.58. The van der Waals surface area contributed by atoms with Gasteiger partial charge in [0.2, 0.25) is 0 Å². The van der Waals surface area contributed by atoms with Crippen molar-refractivity contribution >= 4 is 5.91 Å². The first kappa shape index (κ1) is 24.7. The molecule has 0 atom stereocenters. The molecule has 10 nitrogen and oxygen atoms in total. The van der Waals surface area contributed by atoms with Crippen LogP contribution in [0.25, 0.3) is 0 Å². The molecule has 0 fully saturated rings. The van der Waals surface area contributed by atoms with E-state index in [-0.39, 0.29) is 30.2 Å². The standard InChI is InChI=1S/C25H25FN6O4/c1-35-16-21-19(25(34)29-12-20-24(26)22(36-2)8-9-27-20)15-32(30-21)13-17-6-7-18(28-11-17)14-31-10-4-3-5-23(31)33/h3-11,15H,12-14,16H2,1-2H3,(H,29,34). The van der Waals surface area contributed by atoms with Crippen molar-refractivity contribution in [3.05, 3.63) is 106 Å². The first-order valence-electron chi connectivity index (χ1n) is 11.1. The molecule has 1 N–H and O–H groups in total. The Morgan fingerprint density at radius 1 is 1.08 bits per heavy atom. The number of aromatic nitrogens is 5. The summed E-state index contributed by atoms with van der Waals surface area (Å²) < 4.78 is 27.7. The second kappa shape index (κ2) is 11.4. The van der Waals surface area contributed by atoms with Gasteiger partial charge < -0.3 is 19.4 Å². The summed E-state index contributed by atoms with van der Waals surface area (Å²) in [4.78, 5) is 33.2. The number of pyridine rings is 3. The van der Waals surface area contributed by atoms with E-state index < -0.39 is 11.7 Å². The highest BCUT2D eigenvalue weighted by Gasteiger charge is 2.18. The second-order valence-electron chi connectivity index (χ2n) is 7.90. The Kier molecular flexibility index (Phi) is 7.81. The molecule has 36 heavy (non-hydrogen) atoms. The van der Waals surface area contributed by atoms with E-state index in [4.69, 9.17) is 9.47 Å². The Labute approximate surface area is 206 Å². The number of carbonyl (C=O) groups is 1. The van der Waals surface area contributed by atoms with Gasteiger partial charge in [0, 0.05) is 44.0 Å². The maximum absolute atomic E-state index is 14.3. The number of rotatable bonds is 10. The highest BCUT2D eigenvalue weighted by molar-refractivity contribution is 5.95. The van der Waals surface area contributed by atoms with Gasteiger partial charge in [0.1, 0.15) is 5.69 Å². The SMILES string of the molecule is COCc1nn(Cc2ccc(Cn3ccccc3=O)nc2)cc1C(=O)NCc1nccc(OC)c1F. The molecule has 1 amide bonds. The lowest BCUT2D eigenvalue weighted by Crippen LogP contribution is -2.24. The van der Waals surface area contributed by atoms with Crippen molar-refractivity contribution < 1.29 is 18.7 Å². The number of carbonyl (C=O) groups excluding carboxylic acids is 1. The summed E-state index contributed by atoms with van der Waals surface area (Å²) in [5.74, 6) is -1.00. The van der Waals surface area contributed by atoms with Gasteiger partial charge in [-0.15, -0.1) is 0 Å². The van der Waals surface area contributed by atoms with E-state index in [9.17, 15) is 14.0 Å². The van der Waals surface area contributed by atoms with Gasteiger partial charge >= 0.3 is 0 Å². The van der Waals surface area contributed by atoms with Gasteiger partial charge in [0.05, 0.1) is 50.3 Å². The predicted octanol–water partition coefficient (Wildman–Crippen LogP) is 2.16. The Morgan fingerprint density at radius 3 is 2.67 bits per heavy atom. The molecule has 186 valence electrons. The molecule has 0 aliphatic heterocycles. The molecule has 11 heteroatoms. The molecule has 0 spiro atoms. The Balaban J connectivity index is 1.44. The molecule has 0 aromatic carbocycles. The van der Waals surface area contributed by atoms with Crippen LogP contribution in [0.15, 0.2) is 66.0 Å². The smallest absolute Gasteiger partial charge is 0.255 e. The summed E-state index contributed by atoms with van der Waals surface area (Å²) in [5.41, 5.74) is 2.33. The normalized spacial score (nSPS) is 10.9. The first-order valence-corrected chi connectivity index (χ1v) is 11.1. The average Bonchev–Trinajstić information content (AvgIpc) is 3.28. The fraction of sp³-hybridized carbons (Fsp3) is 0.240. The number of hydrogen-bond donors (Lipinski definition) is 1. The number of nitrogens with one attached hydrogen (secondary N) is 1. The van der Waals surface area contributed by atoms with Crippen molar-refractivity contribution in [2.45, 2.75) is 26.2 Å². The summed E-state index contributed by atoms with van der Waals surface area (Å²) in [7, 11) is 2.87. The maximum atomic E-state index is 14.3. The molecular formula is C25H25FN6O4. The number of ether oxygens (including phenoxy) is 2. The Bertz CT molecular complexity index is 1400. The zero-order valence-electron chi connectivity index (χ0n) is 19.8. The number of halogens is 1. The van der Waals surface area contributed by atoms with Crippen LogP contribution in [0.3, 0.4) is 0 Å². The second-order valence-corrected chi connectivity index (χ2v) is 7.90. The number of nitrogens with zero attached hydrogens (tertiary/aromatic N) is 5. The summed E-state index contributed by atoms with van der Waals surface area (Å²) in [5, 5.41) is 7.14. The molecule has 0 unspecified atom stereocenters. The van der Waals surface area contributed by atoms with Crippen LogP contribution in [0.4, 0.5) is 4.39 Å². The minimum absolute atomic E-state index is 0.0533. The molecule has 0 saturated heterocycles. The van der Waals surface area contributed by atoms with Crippen molar-refractivity contribution in [1.29, 1.82) is 0 Å². The van der Waals surface area contributed by atoms with Gasteiger partial charge in [-0.3, -0.25) is 24.2 Å². The van der Waals surface area contributed by atoms with Crippen molar-refractivity contribution in [1.82, 2.24) is 29.6 Å². The molecule has 0 saturated carbocycles. The number of methoxy groups -OCH3 is 2. The van der Waals surface area contributed by atoms with Crippen molar-refractivity contribution in [3.8, 4) is 5.75 Å². The van der Waals surface area contributed by atoms with Gasteiger partial charge in [-0.25, -0.2) is 4.39 Å². The minimum Gasteiger partial charge on any atom is -0.494 e. The van der Waals surface area contributed by atoms with Crippen LogP contribution in [0, 0.1) is 5.82 Å². The van der Waals surface area contributed by atoms with E-state index in [1.165, 1.54) is 32.5 Å². The molecular weight excluding hydrogens is 467 g/mol. The first-order chi connectivity index (χ1) is 17.5. The summed E-state index contributed by atoms with van der Waals surface area (Å²) in [6, 6.07) is 10.1. The van der Waals surface area contributed by atoms with Crippen LogP contribution in [0.5, 0.6) is 5.75 Å². The predicted molar refractivity (Wildman–Crippen MR) is 128 cm³/mol. The molecule has 4 aromatic heterocycles. The average molecular weight is 493 g/mol. The lowest BCUT2D eigenvalue weighted by atomic mass is 10.2. The molecule has 0 aliphatic carbocycles. The van der Waals surface area contributed by atoms with E-state index in [1.54, 1.807) is 40.0 Å². The number of amides is 1. The third-order valence-corrected chi connectivity index (χ3v) is 5.39. The fourth-order valence-electron chi connectivity index (χ4n) is 3.58. The van der Waals surface area contributed by atoms with Crippen molar-refractivity contribution in [2.24, 2.45) is 0 Å². The molecule has 4 heterocycles. The zero-order valence-corrected chi connectivity index (χ0v) is 19.8. The summed E-state index contributed by atoms with van der Waals surface area (Å²) in [6.07, 6.45) is 6.44. The van der Waals surface area contributed by atoms with Gasteiger partial charge in [-0.1, -0.05) is 12.1 Å². The van der Waals surface area contributed by atoms with Gasteiger partial charge in [-0.2, -0.15) is 5.10 Å². The third kappa shape index (κ3) is 5.81. The summed E-state index contributed by atoms with van der Waals surface area (Å²) in [6.45, 7) is 0.751. The summed E-state index contributed by atoms with van der Waals surface area (Å²) >= 11 is 0. The quantitative estimate of drug-likeness (QED) is 0.361. The molecule has 4 aromatic rings. The number of hydrogen-bond acceptors (Lipinski definition) is 7. The van der Waals surface area contributed by atoms with Crippen molar-refractivity contribution in [2.75, 3.05) is 14.2 Å². The van der Waals surface area contributed by atoms with Crippen LogP contribution >= 0.6 is 0 Å². The highest BCUT2D eigenvalue weighted by atomic mass is 19.1. The lowest BCUT2D eigenvalue weighted by Gasteiger charge is -2.08. The molecule has 4 rings (SSSR count). The maximum Gasteiger partial charge on any atom is 0.255 e. The largest absolute Gasteiger partial charge is 0.494 e. The van der Waals surface area contributed by atoms with Gasteiger partial charge in [-0.05, 0) is 17.7 Å². The Hall–Kier alpha value is -4.38. The zero-order chi connectivity index (χ0) is 25.5. The minimum atomic E-state index is -0.624. The van der Waals surface area contributed by atoms with E-state index >= 15 is 0 Å². The molecule has 0 radical (unpaired) electrons. The highest BCUT2D eigenvalue weighted by Crippen LogP contribution is 2.18. The third-order valence-electron chi connectivity index (χ3n) is 5.39. The Morgan fingerprint density at radius 2 is 1.94 bits per heavy atom. The molecule has 0 aliphatic rings.